The summed E-state index contributed by atoms with van der Waals surface area (Å²) in [7, 11) is 0. The van der Waals surface area contributed by atoms with E-state index in [4.69, 9.17) is 0 Å². The van der Waals surface area contributed by atoms with Gasteiger partial charge in [0.1, 0.15) is 0 Å². The average Bonchev–Trinajstić information content (AvgIpc) is 2.56. The monoisotopic (exact) mass is 203 g/mol. The summed E-state index contributed by atoms with van der Waals surface area (Å²) in [6, 6.07) is 5.04. The lowest BCUT2D eigenvalue weighted by Gasteiger charge is -2.09. The zero-order valence-corrected chi connectivity index (χ0v) is 8.19. The fourth-order valence-electron chi connectivity index (χ4n) is 1.74. The van der Waals surface area contributed by atoms with E-state index in [-0.39, 0.29) is 18.4 Å². The lowest BCUT2D eigenvalue weighted by Crippen LogP contribution is -2.28. The zero-order chi connectivity index (χ0) is 11.0. The molecule has 0 saturated carbocycles. The van der Waals surface area contributed by atoms with Crippen LogP contribution < -0.4 is 0 Å². The van der Waals surface area contributed by atoms with Gasteiger partial charge in [-0.3, -0.25) is 19.3 Å². The van der Waals surface area contributed by atoms with Gasteiger partial charge in [0.05, 0.1) is 12.1 Å². The highest BCUT2D eigenvalue weighted by Crippen LogP contribution is 2.25. The highest BCUT2D eigenvalue weighted by atomic mass is 16.2. The molecule has 4 nitrogen and oxygen atoms in total. The molecular weight excluding hydrogens is 194 g/mol. The van der Waals surface area contributed by atoms with Gasteiger partial charge in [0.25, 0.3) is 5.91 Å². The number of hydrogen-bond donors (Lipinski definition) is 0. The number of carbonyl (C=O) groups excluding carboxylic acids is 3. The van der Waals surface area contributed by atoms with Crippen molar-refractivity contribution < 1.29 is 14.4 Å². The fourth-order valence-corrected chi connectivity index (χ4v) is 1.74. The Morgan fingerprint density at radius 1 is 1.47 bits per heavy atom. The number of hydrogen-bond acceptors (Lipinski definition) is 3. The molecule has 0 N–H and O–H groups in total. The third kappa shape index (κ3) is 1.34. The van der Waals surface area contributed by atoms with Crippen molar-refractivity contribution in [2.45, 2.75) is 13.5 Å². The predicted octanol–water partition coefficient (Wildman–Crippen LogP) is 1.00. The van der Waals surface area contributed by atoms with Crippen molar-refractivity contribution in [1.29, 1.82) is 0 Å². The second-order valence-corrected chi connectivity index (χ2v) is 3.41. The third-order valence-corrected chi connectivity index (χ3v) is 2.48. The minimum atomic E-state index is -0.375. The van der Waals surface area contributed by atoms with Gasteiger partial charge in [0.2, 0.25) is 5.91 Å². The maximum Gasteiger partial charge on any atom is 0.261 e. The summed E-state index contributed by atoms with van der Waals surface area (Å²) in [6.45, 7) is 1.61. The van der Waals surface area contributed by atoms with Crippen molar-refractivity contribution >= 4 is 18.1 Å². The number of rotatable bonds is 1. The van der Waals surface area contributed by atoms with Gasteiger partial charge in [-0.1, -0.05) is 18.2 Å². The summed E-state index contributed by atoms with van der Waals surface area (Å²) in [5.74, 6) is -0.673. The zero-order valence-electron chi connectivity index (χ0n) is 8.19. The lowest BCUT2D eigenvalue weighted by molar-refractivity contribution is -0.126. The van der Waals surface area contributed by atoms with Crippen LogP contribution in [0.2, 0.25) is 0 Å². The first-order valence-corrected chi connectivity index (χ1v) is 4.54. The van der Waals surface area contributed by atoms with Crippen LogP contribution in [0.4, 0.5) is 0 Å². The van der Waals surface area contributed by atoms with Gasteiger partial charge in [0.15, 0.2) is 6.29 Å². The molecule has 1 aliphatic rings. The second kappa shape index (κ2) is 3.31. The van der Waals surface area contributed by atoms with Crippen LogP contribution in [0.15, 0.2) is 18.2 Å². The van der Waals surface area contributed by atoms with E-state index < -0.39 is 0 Å². The van der Waals surface area contributed by atoms with Crippen molar-refractivity contribution in [2.75, 3.05) is 0 Å². The number of benzene rings is 1. The van der Waals surface area contributed by atoms with E-state index in [9.17, 15) is 14.4 Å². The van der Waals surface area contributed by atoms with E-state index in [2.05, 4.69) is 0 Å². The minimum absolute atomic E-state index is 0.269. The molecule has 0 unspecified atom stereocenters. The quantitative estimate of drug-likeness (QED) is 0.640. The van der Waals surface area contributed by atoms with E-state index >= 15 is 0 Å². The molecule has 0 bridgehead atoms. The number of carbonyl (C=O) groups is 3. The van der Waals surface area contributed by atoms with Crippen LogP contribution in [-0.2, 0) is 11.3 Å². The first-order valence-electron chi connectivity index (χ1n) is 4.54. The largest absolute Gasteiger partial charge is 0.298 e. The molecule has 0 aliphatic carbocycles. The molecule has 1 heterocycles. The first kappa shape index (κ1) is 9.58. The second-order valence-electron chi connectivity index (χ2n) is 3.41. The van der Waals surface area contributed by atoms with Crippen LogP contribution in [0, 0.1) is 0 Å². The lowest BCUT2D eigenvalue weighted by atomic mass is 10.0. The fraction of sp³-hybridized carbons (Fsp3) is 0.182. The number of nitrogens with zero attached hydrogens (tertiary/aromatic N) is 1. The molecule has 15 heavy (non-hydrogen) atoms. The summed E-state index contributed by atoms with van der Waals surface area (Å²) in [5, 5.41) is 0. The molecule has 2 amide bonds. The van der Waals surface area contributed by atoms with Crippen LogP contribution >= 0.6 is 0 Å². The molecule has 0 radical (unpaired) electrons. The standard InChI is InChI=1S/C11H9NO3/c1-7(14)12-5-8-3-2-4-9(6-13)10(8)11(12)15/h2-4,6H,5H2,1H3. The van der Waals surface area contributed by atoms with E-state index in [1.165, 1.54) is 6.92 Å². The number of aldehydes is 1. The van der Waals surface area contributed by atoms with Crippen LogP contribution in [0.5, 0.6) is 0 Å². The molecule has 0 atom stereocenters. The minimum Gasteiger partial charge on any atom is -0.298 e. The predicted molar refractivity (Wildman–Crippen MR) is 52.4 cm³/mol. The smallest absolute Gasteiger partial charge is 0.261 e. The Labute approximate surface area is 86.5 Å². The molecule has 0 spiro atoms. The molecule has 1 aliphatic heterocycles. The molecular formula is C11H9NO3. The summed E-state index contributed by atoms with van der Waals surface area (Å²) >= 11 is 0. The Balaban J connectivity index is 2.55. The van der Waals surface area contributed by atoms with Crippen molar-refractivity contribution in [2.24, 2.45) is 0 Å². The molecule has 76 valence electrons. The van der Waals surface area contributed by atoms with Gasteiger partial charge < -0.3 is 0 Å². The van der Waals surface area contributed by atoms with Crippen LogP contribution in [0.1, 0.15) is 33.2 Å². The molecule has 2 rings (SSSR count). The average molecular weight is 203 g/mol. The van der Waals surface area contributed by atoms with E-state index in [0.717, 1.165) is 10.5 Å². The third-order valence-electron chi connectivity index (χ3n) is 2.48. The number of fused-ring (bicyclic) bond motifs is 1. The normalized spacial score (nSPS) is 13.9. The summed E-state index contributed by atoms with van der Waals surface area (Å²) < 4.78 is 0. The van der Waals surface area contributed by atoms with Crippen molar-refractivity contribution in [3.8, 4) is 0 Å². The molecule has 0 fully saturated rings. The van der Waals surface area contributed by atoms with Crippen LogP contribution in [0.3, 0.4) is 0 Å². The number of amides is 2. The van der Waals surface area contributed by atoms with Gasteiger partial charge >= 0.3 is 0 Å². The Morgan fingerprint density at radius 3 is 2.80 bits per heavy atom. The Hall–Kier alpha value is -1.97. The Bertz CT molecular complexity index is 465. The topological polar surface area (TPSA) is 54.5 Å². The van der Waals surface area contributed by atoms with Crippen LogP contribution in [-0.4, -0.2) is 23.0 Å². The van der Waals surface area contributed by atoms with Gasteiger partial charge in [-0.05, 0) is 5.56 Å². The van der Waals surface area contributed by atoms with Gasteiger partial charge in [-0.15, -0.1) is 0 Å². The Kier molecular flexibility index (Phi) is 2.11. The van der Waals surface area contributed by atoms with Gasteiger partial charge in [-0.25, -0.2) is 0 Å². The van der Waals surface area contributed by atoms with Gasteiger partial charge in [0, 0.05) is 12.5 Å². The van der Waals surface area contributed by atoms with Crippen LogP contribution in [0.25, 0.3) is 0 Å². The van der Waals surface area contributed by atoms with E-state index in [1.54, 1.807) is 18.2 Å². The van der Waals surface area contributed by atoms with Crippen molar-refractivity contribution in [3.05, 3.63) is 34.9 Å². The molecule has 0 saturated heterocycles. The number of imide groups is 1. The summed E-state index contributed by atoms with van der Waals surface area (Å²) in [4.78, 5) is 34.8. The maximum atomic E-state index is 11.8. The Morgan fingerprint density at radius 2 is 2.20 bits per heavy atom. The SMILES string of the molecule is CC(=O)N1Cc2cccc(C=O)c2C1=O. The summed E-state index contributed by atoms with van der Waals surface area (Å²) in [5.41, 5.74) is 1.45. The van der Waals surface area contributed by atoms with Gasteiger partial charge in [-0.2, -0.15) is 0 Å². The highest BCUT2D eigenvalue weighted by Gasteiger charge is 2.31. The summed E-state index contributed by atoms with van der Waals surface area (Å²) in [6.07, 6.45) is 0.639. The molecule has 4 heteroatoms. The van der Waals surface area contributed by atoms with E-state index in [1.807, 2.05) is 0 Å². The maximum absolute atomic E-state index is 11.8. The molecule has 1 aromatic carbocycles. The molecule has 0 aromatic heterocycles. The molecule has 1 aromatic rings. The van der Waals surface area contributed by atoms with Crippen molar-refractivity contribution in [3.63, 3.8) is 0 Å². The first-order chi connectivity index (χ1) is 7.15. The van der Waals surface area contributed by atoms with E-state index in [0.29, 0.717) is 17.4 Å². The van der Waals surface area contributed by atoms with Crippen molar-refractivity contribution in [1.82, 2.24) is 4.90 Å². The highest BCUT2D eigenvalue weighted by molar-refractivity contribution is 6.11.